The van der Waals surface area contributed by atoms with Crippen molar-refractivity contribution in [2.24, 2.45) is 0 Å². The predicted molar refractivity (Wildman–Crippen MR) is 89.9 cm³/mol. The van der Waals surface area contributed by atoms with Crippen molar-refractivity contribution in [3.8, 4) is 0 Å². The van der Waals surface area contributed by atoms with Crippen LogP contribution >= 0.6 is 23.2 Å². The summed E-state index contributed by atoms with van der Waals surface area (Å²) in [6.07, 6.45) is 1.84. The SMILES string of the molecule is CCCc1nc(NCC)cc(Nc2ccc(Cl)c(Cl)c2)n1. The van der Waals surface area contributed by atoms with Gasteiger partial charge >= 0.3 is 0 Å². The molecule has 2 rings (SSSR count). The molecule has 0 unspecified atom stereocenters. The maximum absolute atomic E-state index is 6.03. The Kier molecular flexibility index (Phi) is 5.65. The minimum atomic E-state index is 0.511. The molecule has 0 aliphatic rings. The quantitative estimate of drug-likeness (QED) is 0.792. The first kappa shape index (κ1) is 15.9. The number of benzene rings is 1. The number of rotatable bonds is 6. The number of anilines is 3. The zero-order valence-corrected chi connectivity index (χ0v) is 13.6. The first-order chi connectivity index (χ1) is 10.1. The van der Waals surface area contributed by atoms with E-state index in [1.54, 1.807) is 12.1 Å². The van der Waals surface area contributed by atoms with E-state index in [9.17, 15) is 0 Å². The molecule has 2 aromatic rings. The lowest BCUT2D eigenvalue weighted by atomic mass is 10.3. The number of nitrogens with zero attached hydrogens (tertiary/aromatic N) is 2. The summed E-state index contributed by atoms with van der Waals surface area (Å²) in [5, 5.41) is 7.49. The Balaban J connectivity index is 2.26. The van der Waals surface area contributed by atoms with Crippen LogP contribution < -0.4 is 10.6 Å². The van der Waals surface area contributed by atoms with E-state index in [1.807, 2.05) is 19.1 Å². The fourth-order valence-electron chi connectivity index (χ4n) is 1.89. The van der Waals surface area contributed by atoms with Crippen molar-refractivity contribution in [3.05, 3.63) is 40.1 Å². The molecule has 0 fully saturated rings. The molecule has 4 nitrogen and oxygen atoms in total. The summed E-state index contributed by atoms with van der Waals surface area (Å²) < 4.78 is 0. The number of aryl methyl sites for hydroxylation is 1. The van der Waals surface area contributed by atoms with E-state index < -0.39 is 0 Å². The van der Waals surface area contributed by atoms with Crippen LogP contribution in [0.15, 0.2) is 24.3 Å². The summed E-state index contributed by atoms with van der Waals surface area (Å²) in [6, 6.07) is 7.28. The fraction of sp³-hybridized carbons (Fsp3) is 0.333. The fourth-order valence-corrected chi connectivity index (χ4v) is 2.19. The highest BCUT2D eigenvalue weighted by Gasteiger charge is 2.05. The minimum absolute atomic E-state index is 0.511. The highest BCUT2D eigenvalue weighted by atomic mass is 35.5. The monoisotopic (exact) mass is 324 g/mol. The molecule has 0 aliphatic carbocycles. The van der Waals surface area contributed by atoms with Gasteiger partial charge in [0.2, 0.25) is 0 Å². The van der Waals surface area contributed by atoms with Crippen molar-refractivity contribution in [1.82, 2.24) is 9.97 Å². The van der Waals surface area contributed by atoms with E-state index in [0.29, 0.717) is 10.0 Å². The van der Waals surface area contributed by atoms with Gasteiger partial charge in [0.1, 0.15) is 17.5 Å². The topological polar surface area (TPSA) is 49.8 Å². The Morgan fingerprint density at radius 3 is 2.43 bits per heavy atom. The van der Waals surface area contributed by atoms with Crippen molar-refractivity contribution < 1.29 is 0 Å². The predicted octanol–water partition coefficient (Wildman–Crippen LogP) is 4.91. The van der Waals surface area contributed by atoms with E-state index in [2.05, 4.69) is 27.5 Å². The average molecular weight is 325 g/mol. The van der Waals surface area contributed by atoms with E-state index in [4.69, 9.17) is 23.2 Å². The normalized spacial score (nSPS) is 10.5. The Morgan fingerprint density at radius 2 is 1.76 bits per heavy atom. The molecule has 21 heavy (non-hydrogen) atoms. The summed E-state index contributed by atoms with van der Waals surface area (Å²) in [5.41, 5.74) is 0.841. The van der Waals surface area contributed by atoms with Gasteiger partial charge in [0.25, 0.3) is 0 Å². The maximum atomic E-state index is 6.03. The van der Waals surface area contributed by atoms with Gasteiger partial charge in [-0.3, -0.25) is 0 Å². The Hall–Kier alpha value is -1.52. The standard InChI is InChI=1S/C15H18Cl2N4/c1-3-5-13-20-14(18-4-2)9-15(21-13)19-10-6-7-11(16)12(17)8-10/h6-9H,3-5H2,1-2H3,(H2,18,19,20,21). The summed E-state index contributed by atoms with van der Waals surface area (Å²) in [4.78, 5) is 8.99. The van der Waals surface area contributed by atoms with Crippen LogP contribution in [0.1, 0.15) is 26.1 Å². The molecular weight excluding hydrogens is 307 g/mol. The number of hydrogen-bond donors (Lipinski definition) is 2. The molecule has 1 aromatic carbocycles. The molecule has 0 radical (unpaired) electrons. The first-order valence-corrected chi connectivity index (χ1v) is 7.72. The lowest BCUT2D eigenvalue weighted by Gasteiger charge is -2.11. The van der Waals surface area contributed by atoms with Gasteiger partial charge in [0.05, 0.1) is 10.0 Å². The van der Waals surface area contributed by atoms with Gasteiger partial charge in [-0.25, -0.2) is 9.97 Å². The molecule has 1 heterocycles. The third kappa shape index (κ3) is 4.48. The van der Waals surface area contributed by atoms with Crippen LogP contribution in [-0.2, 0) is 6.42 Å². The Bertz CT molecular complexity index is 592. The van der Waals surface area contributed by atoms with Gasteiger partial charge in [-0.1, -0.05) is 30.1 Å². The van der Waals surface area contributed by atoms with Crippen LogP contribution in [0.2, 0.25) is 10.0 Å². The van der Waals surface area contributed by atoms with Gasteiger partial charge in [0.15, 0.2) is 0 Å². The zero-order chi connectivity index (χ0) is 15.2. The maximum Gasteiger partial charge on any atom is 0.136 e. The van der Waals surface area contributed by atoms with Gasteiger partial charge < -0.3 is 10.6 Å². The van der Waals surface area contributed by atoms with Crippen molar-refractivity contribution in [2.45, 2.75) is 26.7 Å². The molecule has 0 spiro atoms. The molecule has 0 aliphatic heterocycles. The van der Waals surface area contributed by atoms with Gasteiger partial charge in [0, 0.05) is 24.7 Å². The summed E-state index contributed by atoms with van der Waals surface area (Å²) >= 11 is 11.9. The molecule has 1 aromatic heterocycles. The second-order valence-electron chi connectivity index (χ2n) is 4.59. The average Bonchev–Trinajstić information content (AvgIpc) is 2.43. The molecule has 0 saturated heterocycles. The smallest absolute Gasteiger partial charge is 0.136 e. The van der Waals surface area contributed by atoms with Crippen LogP contribution in [-0.4, -0.2) is 16.5 Å². The summed E-state index contributed by atoms with van der Waals surface area (Å²) in [7, 11) is 0. The van der Waals surface area contributed by atoms with Crippen molar-refractivity contribution in [2.75, 3.05) is 17.2 Å². The molecule has 6 heteroatoms. The van der Waals surface area contributed by atoms with Gasteiger partial charge in [-0.05, 0) is 31.5 Å². The highest BCUT2D eigenvalue weighted by molar-refractivity contribution is 6.42. The summed E-state index contributed by atoms with van der Waals surface area (Å²) in [5.74, 6) is 2.37. The van der Waals surface area contributed by atoms with E-state index in [1.165, 1.54) is 0 Å². The first-order valence-electron chi connectivity index (χ1n) is 6.96. The van der Waals surface area contributed by atoms with E-state index in [0.717, 1.165) is 42.5 Å². The lowest BCUT2D eigenvalue weighted by Crippen LogP contribution is -2.06. The number of aromatic nitrogens is 2. The largest absolute Gasteiger partial charge is 0.370 e. The number of nitrogens with one attached hydrogen (secondary N) is 2. The molecule has 2 N–H and O–H groups in total. The summed E-state index contributed by atoms with van der Waals surface area (Å²) in [6.45, 7) is 4.96. The van der Waals surface area contributed by atoms with Crippen molar-refractivity contribution in [1.29, 1.82) is 0 Å². The molecule has 0 bridgehead atoms. The molecule has 0 atom stereocenters. The van der Waals surface area contributed by atoms with E-state index >= 15 is 0 Å². The second-order valence-corrected chi connectivity index (χ2v) is 5.40. The third-order valence-electron chi connectivity index (χ3n) is 2.80. The van der Waals surface area contributed by atoms with Crippen LogP contribution in [0.5, 0.6) is 0 Å². The van der Waals surface area contributed by atoms with E-state index in [-0.39, 0.29) is 0 Å². The van der Waals surface area contributed by atoms with Crippen molar-refractivity contribution >= 4 is 40.5 Å². The molecule has 112 valence electrons. The number of hydrogen-bond acceptors (Lipinski definition) is 4. The minimum Gasteiger partial charge on any atom is -0.370 e. The molecule has 0 saturated carbocycles. The zero-order valence-electron chi connectivity index (χ0n) is 12.1. The van der Waals surface area contributed by atoms with Crippen LogP contribution in [0.4, 0.5) is 17.3 Å². The lowest BCUT2D eigenvalue weighted by molar-refractivity contribution is 0.837. The van der Waals surface area contributed by atoms with Crippen LogP contribution in [0, 0.1) is 0 Å². The number of halogens is 2. The molecular formula is C15H18Cl2N4. The van der Waals surface area contributed by atoms with Gasteiger partial charge in [-0.15, -0.1) is 0 Å². The third-order valence-corrected chi connectivity index (χ3v) is 3.53. The van der Waals surface area contributed by atoms with Crippen LogP contribution in [0.25, 0.3) is 0 Å². The Morgan fingerprint density at radius 1 is 1.00 bits per heavy atom. The molecule has 0 amide bonds. The van der Waals surface area contributed by atoms with Crippen molar-refractivity contribution in [3.63, 3.8) is 0 Å². The Labute approximate surface area is 134 Å². The van der Waals surface area contributed by atoms with Crippen LogP contribution in [0.3, 0.4) is 0 Å². The van der Waals surface area contributed by atoms with Gasteiger partial charge in [-0.2, -0.15) is 0 Å². The second kappa shape index (κ2) is 7.48. The highest BCUT2D eigenvalue weighted by Crippen LogP contribution is 2.27.